The maximum Gasteiger partial charge on any atom is 0.335 e. The lowest BCUT2D eigenvalue weighted by atomic mass is 10.1. The summed E-state index contributed by atoms with van der Waals surface area (Å²) >= 11 is 1.53. The maximum absolute atomic E-state index is 11.8. The summed E-state index contributed by atoms with van der Waals surface area (Å²) in [6.45, 7) is 2.61. The van der Waals surface area contributed by atoms with Crippen molar-refractivity contribution in [2.24, 2.45) is 0 Å². The molecule has 0 spiro atoms. The van der Waals surface area contributed by atoms with E-state index in [9.17, 15) is 14.7 Å². The highest BCUT2D eigenvalue weighted by Gasteiger charge is 2.14. The van der Waals surface area contributed by atoms with Crippen molar-refractivity contribution in [1.82, 2.24) is 9.55 Å². The fourth-order valence-corrected chi connectivity index (χ4v) is 3.89. The highest BCUT2D eigenvalue weighted by Crippen LogP contribution is 2.20. The number of thiophene rings is 1. The molecule has 0 aliphatic rings. The van der Waals surface area contributed by atoms with Gasteiger partial charge in [-0.3, -0.25) is 0 Å². The number of imidazole rings is 1. The van der Waals surface area contributed by atoms with Gasteiger partial charge in [0, 0.05) is 29.8 Å². The van der Waals surface area contributed by atoms with Crippen LogP contribution in [0.2, 0.25) is 0 Å². The van der Waals surface area contributed by atoms with Crippen LogP contribution in [0.1, 0.15) is 52.1 Å². The summed E-state index contributed by atoms with van der Waals surface area (Å²) in [6, 6.07) is 10.6. The van der Waals surface area contributed by atoms with Crippen LogP contribution in [0.3, 0.4) is 0 Å². The van der Waals surface area contributed by atoms with Gasteiger partial charge >= 0.3 is 11.9 Å². The quantitative estimate of drug-likeness (QED) is 0.407. The summed E-state index contributed by atoms with van der Waals surface area (Å²) in [4.78, 5) is 28.5. The lowest BCUT2D eigenvalue weighted by Gasteiger charge is -2.12. The molecule has 0 saturated carbocycles. The van der Waals surface area contributed by atoms with E-state index < -0.39 is 11.9 Å². The predicted octanol–water partition coefficient (Wildman–Crippen LogP) is 5.17. The lowest BCUT2D eigenvalue weighted by molar-refractivity contribution is -0.132. The number of aromatic nitrogens is 2. The number of aryl methyl sites for hydroxylation is 1. The van der Waals surface area contributed by atoms with Crippen LogP contribution in [0.5, 0.6) is 0 Å². The fourth-order valence-electron chi connectivity index (χ4n) is 3.16. The Morgan fingerprint density at radius 1 is 1.16 bits per heavy atom. The van der Waals surface area contributed by atoms with Gasteiger partial charge in [0.15, 0.2) is 0 Å². The molecule has 2 heterocycles. The number of carbonyl (C=O) groups is 2. The largest absolute Gasteiger partial charge is 0.478 e. The Bertz CT molecular complexity index is 1040. The van der Waals surface area contributed by atoms with Gasteiger partial charge in [0.2, 0.25) is 0 Å². The Kier molecular flexibility index (Phi) is 9.03. The van der Waals surface area contributed by atoms with Gasteiger partial charge in [0.1, 0.15) is 5.82 Å². The number of nitrogens with zero attached hydrogens (tertiary/aromatic N) is 2. The van der Waals surface area contributed by atoms with Crippen molar-refractivity contribution in [2.45, 2.75) is 39.2 Å². The van der Waals surface area contributed by atoms with Crippen LogP contribution in [-0.4, -0.2) is 31.7 Å². The average molecular weight is 461 g/mol. The minimum Gasteiger partial charge on any atom is -0.478 e. The van der Waals surface area contributed by atoms with Crippen molar-refractivity contribution in [1.29, 1.82) is 0 Å². The molecule has 164 valence electrons. The maximum atomic E-state index is 11.8. The second-order valence-corrected chi connectivity index (χ2v) is 8.05. The third-order valence-corrected chi connectivity index (χ3v) is 5.68. The van der Waals surface area contributed by atoms with Crippen molar-refractivity contribution in [3.05, 3.63) is 81.1 Å². The first-order valence-electron chi connectivity index (χ1n) is 9.80. The van der Waals surface area contributed by atoms with Gasteiger partial charge in [0.05, 0.1) is 17.5 Å². The van der Waals surface area contributed by atoms with Gasteiger partial charge in [-0.2, -0.15) is 0 Å². The molecule has 2 aromatic heterocycles. The van der Waals surface area contributed by atoms with Gasteiger partial charge in [-0.25, -0.2) is 14.6 Å². The van der Waals surface area contributed by atoms with Crippen LogP contribution in [0.25, 0.3) is 6.08 Å². The van der Waals surface area contributed by atoms with E-state index in [2.05, 4.69) is 11.9 Å². The van der Waals surface area contributed by atoms with Crippen LogP contribution in [0.4, 0.5) is 0 Å². The minimum absolute atomic E-state index is 0. The van der Waals surface area contributed by atoms with Crippen LogP contribution in [0, 0.1) is 0 Å². The predicted molar refractivity (Wildman–Crippen MR) is 124 cm³/mol. The van der Waals surface area contributed by atoms with Crippen molar-refractivity contribution in [2.75, 3.05) is 0 Å². The second kappa shape index (κ2) is 11.5. The van der Waals surface area contributed by atoms with Crippen LogP contribution < -0.4 is 0 Å². The summed E-state index contributed by atoms with van der Waals surface area (Å²) < 4.78 is 2.02. The molecule has 0 saturated heterocycles. The van der Waals surface area contributed by atoms with Crippen molar-refractivity contribution in [3.63, 3.8) is 0 Å². The number of hydrogen-bond donors (Lipinski definition) is 2. The third kappa shape index (κ3) is 6.54. The summed E-state index contributed by atoms with van der Waals surface area (Å²) in [6.07, 6.45) is 6.58. The van der Waals surface area contributed by atoms with Gasteiger partial charge < -0.3 is 14.8 Å². The molecule has 0 atom stereocenters. The first-order chi connectivity index (χ1) is 14.5. The van der Waals surface area contributed by atoms with Crippen LogP contribution >= 0.6 is 23.7 Å². The standard InChI is InChI=1S/C23H24N2O4S.ClH/c1-2-3-6-21-24-14-19(12-18(23(28)29)13-20-5-4-11-30-20)25(21)15-16-7-9-17(10-8-16)22(26)27;/h4-5,7-12,14H,2-3,6,13,15H2,1H3,(H,26,27)(H,28,29);1H. The van der Waals surface area contributed by atoms with E-state index in [-0.39, 0.29) is 18.0 Å². The van der Waals surface area contributed by atoms with Crippen LogP contribution in [-0.2, 0) is 24.2 Å². The molecule has 3 rings (SSSR count). The van der Waals surface area contributed by atoms with E-state index in [1.165, 1.54) is 11.3 Å². The SMILES string of the molecule is CCCCc1ncc(C=C(Cc2cccs2)C(=O)O)n1Cc1ccc(C(=O)O)cc1.Cl. The molecule has 0 radical (unpaired) electrons. The first-order valence-corrected chi connectivity index (χ1v) is 10.7. The van der Waals surface area contributed by atoms with Gasteiger partial charge in [-0.1, -0.05) is 31.5 Å². The van der Waals surface area contributed by atoms with Crippen molar-refractivity contribution >= 4 is 41.8 Å². The molecule has 31 heavy (non-hydrogen) atoms. The number of benzene rings is 1. The average Bonchev–Trinajstić information content (AvgIpc) is 3.37. The fraction of sp³-hybridized carbons (Fsp3) is 0.261. The minimum atomic E-state index is -0.962. The summed E-state index contributed by atoms with van der Waals surface area (Å²) in [5, 5.41) is 20.7. The number of aliphatic carboxylic acids is 1. The van der Waals surface area contributed by atoms with Gasteiger partial charge in [-0.15, -0.1) is 23.7 Å². The zero-order chi connectivity index (χ0) is 21.5. The molecule has 0 bridgehead atoms. The Hall–Kier alpha value is -2.90. The summed E-state index contributed by atoms with van der Waals surface area (Å²) in [5.41, 5.74) is 2.21. The lowest BCUT2D eigenvalue weighted by Crippen LogP contribution is -2.09. The molecule has 3 aromatic rings. The Labute approximate surface area is 191 Å². The molecule has 6 nitrogen and oxygen atoms in total. The second-order valence-electron chi connectivity index (χ2n) is 7.02. The third-order valence-electron chi connectivity index (χ3n) is 4.81. The molecule has 0 aliphatic carbocycles. The van der Waals surface area contributed by atoms with E-state index in [0.29, 0.717) is 18.5 Å². The molecule has 1 aromatic carbocycles. The topological polar surface area (TPSA) is 92.4 Å². The Morgan fingerprint density at radius 2 is 1.90 bits per heavy atom. The molecule has 2 N–H and O–H groups in total. The van der Waals surface area contributed by atoms with E-state index in [0.717, 1.165) is 41.2 Å². The number of carboxylic acids is 2. The molecule has 0 fully saturated rings. The zero-order valence-corrected chi connectivity index (χ0v) is 18.8. The highest BCUT2D eigenvalue weighted by molar-refractivity contribution is 7.09. The molecular formula is C23H25ClN2O4S. The zero-order valence-electron chi connectivity index (χ0n) is 17.2. The van der Waals surface area contributed by atoms with E-state index >= 15 is 0 Å². The van der Waals surface area contributed by atoms with Crippen LogP contribution in [0.15, 0.2) is 53.5 Å². The number of aromatic carboxylic acids is 1. The van der Waals surface area contributed by atoms with Crippen molar-refractivity contribution < 1.29 is 19.8 Å². The van der Waals surface area contributed by atoms with E-state index in [1.807, 2.05) is 22.1 Å². The first kappa shape index (κ1) is 24.4. The molecule has 8 heteroatoms. The number of unbranched alkanes of at least 4 members (excludes halogenated alkanes) is 1. The smallest absolute Gasteiger partial charge is 0.335 e. The van der Waals surface area contributed by atoms with E-state index in [1.54, 1.807) is 36.5 Å². The Morgan fingerprint density at radius 3 is 2.48 bits per heavy atom. The molecule has 0 amide bonds. The molecule has 0 aliphatic heterocycles. The highest BCUT2D eigenvalue weighted by atomic mass is 35.5. The summed E-state index contributed by atoms with van der Waals surface area (Å²) in [5.74, 6) is -1.01. The van der Waals surface area contributed by atoms with Gasteiger partial charge in [-0.05, 0) is 41.6 Å². The number of carboxylic acid groups (broad SMARTS) is 2. The normalized spacial score (nSPS) is 11.2. The number of halogens is 1. The molecule has 0 unspecified atom stereocenters. The monoisotopic (exact) mass is 460 g/mol. The number of rotatable bonds is 10. The summed E-state index contributed by atoms with van der Waals surface area (Å²) in [7, 11) is 0. The van der Waals surface area contributed by atoms with Crippen molar-refractivity contribution in [3.8, 4) is 0 Å². The van der Waals surface area contributed by atoms with E-state index in [4.69, 9.17) is 5.11 Å². The molecular weight excluding hydrogens is 436 g/mol. The van der Waals surface area contributed by atoms with Gasteiger partial charge in [0.25, 0.3) is 0 Å². The number of hydrogen-bond acceptors (Lipinski definition) is 4. The Balaban J connectivity index is 0.00000341.